The van der Waals surface area contributed by atoms with E-state index in [2.05, 4.69) is 60.5 Å². The van der Waals surface area contributed by atoms with Crippen LogP contribution in [-0.4, -0.2) is 50.1 Å². The molecule has 19 heavy (non-hydrogen) atoms. The molecular formula is C16H27N3. The highest BCUT2D eigenvalue weighted by Gasteiger charge is 2.16. The fourth-order valence-electron chi connectivity index (χ4n) is 2.81. The highest BCUT2D eigenvalue weighted by Crippen LogP contribution is 2.13. The Morgan fingerprint density at radius 2 is 2.00 bits per heavy atom. The summed E-state index contributed by atoms with van der Waals surface area (Å²) in [5.41, 5.74) is 2.87. The van der Waals surface area contributed by atoms with E-state index >= 15 is 0 Å². The van der Waals surface area contributed by atoms with Crippen LogP contribution in [0.3, 0.4) is 0 Å². The van der Waals surface area contributed by atoms with Gasteiger partial charge in [-0.2, -0.15) is 0 Å². The Bertz CT molecular complexity index is 389. The van der Waals surface area contributed by atoms with Crippen molar-refractivity contribution in [2.45, 2.75) is 32.0 Å². The van der Waals surface area contributed by atoms with Gasteiger partial charge in [-0.05, 0) is 51.7 Å². The number of hydrogen-bond donors (Lipinski definition) is 1. The average molecular weight is 261 g/mol. The van der Waals surface area contributed by atoms with E-state index in [4.69, 9.17) is 0 Å². The highest BCUT2D eigenvalue weighted by atomic mass is 15.1. The molecule has 1 fully saturated rings. The minimum absolute atomic E-state index is 0.645. The first-order valence-electron chi connectivity index (χ1n) is 7.28. The largest absolute Gasteiger partial charge is 0.309 e. The molecule has 0 aliphatic carbocycles. The van der Waals surface area contributed by atoms with Crippen molar-refractivity contribution in [1.29, 1.82) is 0 Å². The molecule has 1 atom stereocenters. The predicted molar refractivity (Wildman–Crippen MR) is 81.2 cm³/mol. The molecule has 1 aliphatic rings. The Hall–Kier alpha value is -0.900. The second kappa shape index (κ2) is 7.04. The zero-order valence-electron chi connectivity index (χ0n) is 12.5. The summed E-state index contributed by atoms with van der Waals surface area (Å²) < 4.78 is 0. The molecule has 0 bridgehead atoms. The van der Waals surface area contributed by atoms with Crippen molar-refractivity contribution >= 4 is 0 Å². The van der Waals surface area contributed by atoms with Crippen LogP contribution in [0.1, 0.15) is 24.0 Å². The van der Waals surface area contributed by atoms with Crippen molar-refractivity contribution in [3.63, 3.8) is 0 Å². The summed E-state index contributed by atoms with van der Waals surface area (Å²) in [6.45, 7) is 4.43. The van der Waals surface area contributed by atoms with Gasteiger partial charge >= 0.3 is 0 Å². The molecule has 1 N–H and O–H groups in total. The van der Waals surface area contributed by atoms with Gasteiger partial charge in [-0.3, -0.25) is 0 Å². The minimum Gasteiger partial charge on any atom is -0.309 e. The maximum atomic E-state index is 3.72. The number of nitrogens with one attached hydrogen (secondary N) is 1. The molecule has 1 saturated heterocycles. The van der Waals surface area contributed by atoms with Crippen molar-refractivity contribution in [3.8, 4) is 0 Å². The van der Waals surface area contributed by atoms with E-state index in [1.54, 1.807) is 0 Å². The van der Waals surface area contributed by atoms with E-state index in [0.29, 0.717) is 6.04 Å². The van der Waals surface area contributed by atoms with Crippen molar-refractivity contribution in [2.75, 3.05) is 34.2 Å². The van der Waals surface area contributed by atoms with Gasteiger partial charge in [0.05, 0.1) is 0 Å². The van der Waals surface area contributed by atoms with Crippen LogP contribution in [0.5, 0.6) is 0 Å². The van der Waals surface area contributed by atoms with Gasteiger partial charge in [-0.1, -0.05) is 24.3 Å². The Labute approximate surface area is 117 Å². The van der Waals surface area contributed by atoms with Gasteiger partial charge in [-0.25, -0.2) is 0 Å². The van der Waals surface area contributed by atoms with E-state index in [0.717, 1.165) is 13.1 Å². The molecule has 0 spiro atoms. The molecular weight excluding hydrogens is 234 g/mol. The summed E-state index contributed by atoms with van der Waals surface area (Å²) in [6, 6.07) is 9.41. The standard InChI is InChI=1S/C16H27N3/c1-18(2)12-15-8-5-4-7-14(15)11-17-16-9-6-10-19(3)13-16/h4-5,7-8,16-17H,6,9-13H2,1-3H3. The molecule has 1 heterocycles. The van der Waals surface area contributed by atoms with E-state index in [9.17, 15) is 0 Å². The van der Waals surface area contributed by atoms with Gasteiger partial charge in [0.25, 0.3) is 0 Å². The quantitative estimate of drug-likeness (QED) is 0.874. The van der Waals surface area contributed by atoms with Crippen molar-refractivity contribution in [1.82, 2.24) is 15.1 Å². The number of hydrogen-bond acceptors (Lipinski definition) is 3. The van der Waals surface area contributed by atoms with E-state index < -0.39 is 0 Å². The average Bonchev–Trinajstić information content (AvgIpc) is 2.37. The number of rotatable bonds is 5. The fourth-order valence-corrected chi connectivity index (χ4v) is 2.81. The summed E-state index contributed by atoms with van der Waals surface area (Å²) in [5, 5.41) is 3.72. The van der Waals surface area contributed by atoms with Crippen LogP contribution in [0.2, 0.25) is 0 Å². The number of piperidine rings is 1. The van der Waals surface area contributed by atoms with Gasteiger partial charge in [0.15, 0.2) is 0 Å². The first kappa shape index (κ1) is 14.5. The maximum Gasteiger partial charge on any atom is 0.0230 e. The van der Waals surface area contributed by atoms with Crippen LogP contribution >= 0.6 is 0 Å². The summed E-state index contributed by atoms with van der Waals surface area (Å²) in [6.07, 6.45) is 2.62. The van der Waals surface area contributed by atoms with E-state index in [1.165, 1.54) is 37.1 Å². The van der Waals surface area contributed by atoms with Crippen molar-refractivity contribution in [2.24, 2.45) is 0 Å². The Morgan fingerprint density at radius 1 is 1.26 bits per heavy atom. The predicted octanol–water partition coefficient (Wildman–Crippen LogP) is 1.93. The van der Waals surface area contributed by atoms with E-state index in [1.807, 2.05) is 0 Å². The van der Waals surface area contributed by atoms with Crippen molar-refractivity contribution in [3.05, 3.63) is 35.4 Å². The lowest BCUT2D eigenvalue weighted by Gasteiger charge is -2.30. The number of nitrogens with zero attached hydrogens (tertiary/aromatic N) is 2. The topological polar surface area (TPSA) is 18.5 Å². The lowest BCUT2D eigenvalue weighted by Crippen LogP contribution is -2.43. The third-order valence-electron chi connectivity index (χ3n) is 3.81. The molecule has 0 radical (unpaired) electrons. The molecule has 1 aromatic carbocycles. The Morgan fingerprint density at radius 3 is 2.68 bits per heavy atom. The van der Waals surface area contributed by atoms with Crippen LogP contribution in [-0.2, 0) is 13.1 Å². The maximum absolute atomic E-state index is 3.72. The zero-order valence-corrected chi connectivity index (χ0v) is 12.5. The second-order valence-corrected chi connectivity index (χ2v) is 5.99. The molecule has 3 nitrogen and oxygen atoms in total. The van der Waals surface area contributed by atoms with Gasteiger partial charge in [0.2, 0.25) is 0 Å². The van der Waals surface area contributed by atoms with Crippen LogP contribution in [0, 0.1) is 0 Å². The molecule has 0 amide bonds. The first-order valence-corrected chi connectivity index (χ1v) is 7.28. The Balaban J connectivity index is 1.91. The van der Waals surface area contributed by atoms with Gasteiger partial charge < -0.3 is 15.1 Å². The first-order chi connectivity index (χ1) is 9.15. The second-order valence-electron chi connectivity index (χ2n) is 5.99. The Kier molecular flexibility index (Phi) is 5.37. The van der Waals surface area contributed by atoms with Crippen molar-refractivity contribution < 1.29 is 0 Å². The third-order valence-corrected chi connectivity index (χ3v) is 3.81. The molecule has 1 aromatic rings. The molecule has 106 valence electrons. The summed E-state index contributed by atoms with van der Waals surface area (Å²) in [7, 11) is 6.47. The van der Waals surface area contributed by atoms with Gasteiger partial charge in [-0.15, -0.1) is 0 Å². The molecule has 1 unspecified atom stereocenters. The summed E-state index contributed by atoms with van der Waals surface area (Å²) in [4.78, 5) is 4.65. The highest BCUT2D eigenvalue weighted by molar-refractivity contribution is 5.27. The molecule has 2 rings (SSSR count). The third kappa shape index (κ3) is 4.60. The number of benzene rings is 1. The summed E-state index contributed by atoms with van der Waals surface area (Å²) >= 11 is 0. The molecule has 0 aromatic heterocycles. The summed E-state index contributed by atoms with van der Waals surface area (Å²) in [5.74, 6) is 0. The van der Waals surface area contributed by atoms with Gasteiger partial charge in [0.1, 0.15) is 0 Å². The zero-order chi connectivity index (χ0) is 13.7. The molecule has 1 aliphatic heterocycles. The van der Waals surface area contributed by atoms with Crippen LogP contribution in [0.15, 0.2) is 24.3 Å². The molecule has 0 saturated carbocycles. The lowest BCUT2D eigenvalue weighted by molar-refractivity contribution is 0.226. The monoisotopic (exact) mass is 261 g/mol. The van der Waals surface area contributed by atoms with E-state index in [-0.39, 0.29) is 0 Å². The smallest absolute Gasteiger partial charge is 0.0230 e. The number of likely N-dealkylation sites (tertiary alicyclic amines) is 1. The minimum atomic E-state index is 0.645. The number of likely N-dealkylation sites (N-methyl/N-ethyl adjacent to an activating group) is 1. The lowest BCUT2D eigenvalue weighted by atomic mass is 10.0. The molecule has 3 heteroatoms. The van der Waals surface area contributed by atoms with Crippen LogP contribution < -0.4 is 5.32 Å². The van der Waals surface area contributed by atoms with Gasteiger partial charge in [0, 0.05) is 25.7 Å². The van der Waals surface area contributed by atoms with Crippen LogP contribution in [0.25, 0.3) is 0 Å². The fraction of sp³-hybridized carbons (Fsp3) is 0.625. The van der Waals surface area contributed by atoms with Crippen LogP contribution in [0.4, 0.5) is 0 Å². The normalized spacial score (nSPS) is 20.9. The SMILES string of the molecule is CN(C)Cc1ccccc1CNC1CCCN(C)C1.